The Hall–Kier alpha value is -7.24. The van der Waals surface area contributed by atoms with Crippen molar-refractivity contribution in [3.05, 3.63) is 182 Å². The van der Waals surface area contributed by atoms with Gasteiger partial charge in [0.25, 0.3) is 0 Å². The van der Waals surface area contributed by atoms with Crippen LogP contribution in [0.25, 0.3) is 88.4 Å². The Morgan fingerprint density at radius 1 is 0.396 bits per heavy atom. The summed E-state index contributed by atoms with van der Waals surface area (Å²) >= 11 is 0. The van der Waals surface area contributed by atoms with Crippen molar-refractivity contribution in [2.24, 2.45) is 0 Å². The number of pyridine rings is 2. The van der Waals surface area contributed by atoms with Gasteiger partial charge in [-0.1, -0.05) is 127 Å². The van der Waals surface area contributed by atoms with Crippen LogP contribution in [0.15, 0.2) is 182 Å². The highest BCUT2D eigenvalue weighted by Gasteiger charge is 2.21. The third-order valence-corrected chi connectivity index (χ3v) is 10.3. The Morgan fingerprint density at radius 2 is 0.925 bits per heavy atom. The molecule has 5 heteroatoms. The molecule has 0 aliphatic carbocycles. The number of para-hydroxylation sites is 2. The van der Waals surface area contributed by atoms with E-state index in [9.17, 15) is 0 Å². The molecule has 5 nitrogen and oxygen atoms in total. The van der Waals surface area contributed by atoms with Gasteiger partial charge in [-0.15, -0.1) is 0 Å². The van der Waals surface area contributed by atoms with Crippen LogP contribution in [0.5, 0.6) is 11.5 Å². The summed E-state index contributed by atoms with van der Waals surface area (Å²) in [6.45, 7) is 0. The number of imidazole rings is 2. The highest BCUT2D eigenvalue weighted by Crippen LogP contribution is 2.41. The molecule has 4 heterocycles. The van der Waals surface area contributed by atoms with E-state index in [0.717, 1.165) is 94.5 Å². The van der Waals surface area contributed by atoms with Crippen LogP contribution in [0.1, 0.15) is 0 Å². The SMILES string of the molecule is c1ccc(-c2cn3c4ccccc4c4ccc(Oc5ccc6c7ccccc7n7c(-c8ccccc8)c(-c8ccccc8)nc7c6c5)cc4c3n2)cc1. The van der Waals surface area contributed by atoms with Gasteiger partial charge in [-0.05, 0) is 59.3 Å². The van der Waals surface area contributed by atoms with E-state index >= 15 is 0 Å². The predicted molar refractivity (Wildman–Crippen MR) is 217 cm³/mol. The number of ether oxygens (including phenoxy) is 1. The van der Waals surface area contributed by atoms with Crippen LogP contribution >= 0.6 is 0 Å². The van der Waals surface area contributed by atoms with Gasteiger partial charge in [0.05, 0.1) is 28.1 Å². The van der Waals surface area contributed by atoms with Gasteiger partial charge in [-0.25, -0.2) is 9.97 Å². The van der Waals surface area contributed by atoms with Crippen LogP contribution in [-0.2, 0) is 0 Å². The van der Waals surface area contributed by atoms with Crippen molar-refractivity contribution in [3.8, 4) is 45.3 Å². The fourth-order valence-electron chi connectivity index (χ4n) is 7.95. The summed E-state index contributed by atoms with van der Waals surface area (Å²) in [6, 6.07) is 61.2. The smallest absolute Gasteiger partial charge is 0.146 e. The van der Waals surface area contributed by atoms with Crippen molar-refractivity contribution in [1.82, 2.24) is 18.8 Å². The molecular weight excluding hydrogens is 649 g/mol. The molecule has 0 aliphatic rings. The van der Waals surface area contributed by atoms with Gasteiger partial charge >= 0.3 is 0 Å². The van der Waals surface area contributed by atoms with Crippen molar-refractivity contribution >= 4 is 54.6 Å². The summed E-state index contributed by atoms with van der Waals surface area (Å²) in [7, 11) is 0. The first-order valence-electron chi connectivity index (χ1n) is 17.8. The molecular formula is C48H30N4O. The minimum atomic E-state index is 0.740. The first kappa shape index (κ1) is 29.5. The second-order valence-electron chi connectivity index (χ2n) is 13.4. The Balaban J connectivity index is 1.12. The number of aromatic nitrogens is 4. The average molecular weight is 679 g/mol. The Kier molecular flexibility index (Phi) is 6.48. The molecule has 0 saturated heterocycles. The molecule has 0 atom stereocenters. The summed E-state index contributed by atoms with van der Waals surface area (Å²) in [5.74, 6) is 1.48. The summed E-state index contributed by atoms with van der Waals surface area (Å²) in [4.78, 5) is 10.6. The molecule has 7 aromatic carbocycles. The maximum Gasteiger partial charge on any atom is 0.146 e. The molecule has 0 radical (unpaired) electrons. The molecule has 0 aliphatic heterocycles. The van der Waals surface area contributed by atoms with Crippen LogP contribution in [0.2, 0.25) is 0 Å². The molecule has 11 aromatic rings. The first-order chi connectivity index (χ1) is 26.3. The zero-order valence-corrected chi connectivity index (χ0v) is 28.5. The zero-order valence-electron chi connectivity index (χ0n) is 28.5. The molecule has 0 amide bonds. The minimum absolute atomic E-state index is 0.740. The highest BCUT2D eigenvalue weighted by molar-refractivity contribution is 6.14. The molecule has 0 fully saturated rings. The largest absolute Gasteiger partial charge is 0.457 e. The molecule has 0 bridgehead atoms. The maximum atomic E-state index is 6.74. The molecule has 11 rings (SSSR count). The molecule has 4 aromatic heterocycles. The molecule has 0 unspecified atom stereocenters. The second kappa shape index (κ2) is 11.7. The molecule has 0 spiro atoms. The van der Waals surface area contributed by atoms with E-state index in [4.69, 9.17) is 14.7 Å². The van der Waals surface area contributed by atoms with E-state index in [-0.39, 0.29) is 0 Å². The van der Waals surface area contributed by atoms with Gasteiger partial charge in [0.1, 0.15) is 22.8 Å². The van der Waals surface area contributed by atoms with Gasteiger partial charge in [-0.3, -0.25) is 8.80 Å². The van der Waals surface area contributed by atoms with Crippen LogP contribution in [0, 0.1) is 0 Å². The van der Waals surface area contributed by atoms with Crippen molar-refractivity contribution in [2.75, 3.05) is 0 Å². The third kappa shape index (κ3) is 4.64. The quantitative estimate of drug-likeness (QED) is 0.170. The maximum absolute atomic E-state index is 6.74. The lowest BCUT2D eigenvalue weighted by molar-refractivity contribution is 0.484. The topological polar surface area (TPSA) is 43.8 Å². The molecule has 53 heavy (non-hydrogen) atoms. The number of fused-ring (bicyclic) bond motifs is 12. The third-order valence-electron chi connectivity index (χ3n) is 10.3. The van der Waals surface area contributed by atoms with Crippen LogP contribution in [-0.4, -0.2) is 18.8 Å². The molecule has 0 N–H and O–H groups in total. The fourth-order valence-corrected chi connectivity index (χ4v) is 7.95. The van der Waals surface area contributed by atoms with E-state index in [1.165, 1.54) is 5.39 Å². The van der Waals surface area contributed by atoms with E-state index < -0.39 is 0 Å². The Bertz CT molecular complexity index is 3180. The van der Waals surface area contributed by atoms with Gasteiger partial charge in [0, 0.05) is 44.4 Å². The van der Waals surface area contributed by atoms with Crippen molar-refractivity contribution in [2.45, 2.75) is 0 Å². The average Bonchev–Trinajstić information content (AvgIpc) is 3.87. The first-order valence-corrected chi connectivity index (χ1v) is 17.8. The van der Waals surface area contributed by atoms with E-state index in [2.05, 4.69) is 179 Å². The van der Waals surface area contributed by atoms with Crippen molar-refractivity contribution < 1.29 is 4.74 Å². The monoisotopic (exact) mass is 678 g/mol. The van der Waals surface area contributed by atoms with Gasteiger partial charge < -0.3 is 4.74 Å². The lowest BCUT2D eigenvalue weighted by atomic mass is 10.0. The van der Waals surface area contributed by atoms with Crippen LogP contribution < -0.4 is 4.74 Å². The normalized spacial score (nSPS) is 11.8. The zero-order chi connectivity index (χ0) is 34.9. The standard InChI is InChI=1S/C48H30N4O/c1-4-14-31(15-5-1)42-30-51-43-22-12-10-20-38(43)36-26-24-34(28-40(36)47(51)49-42)53-35-25-27-37-39-21-11-13-23-44(39)52-46(33-18-8-3-9-19-33)45(32-16-6-2-7-17-32)50-48(52)41(37)29-35/h1-30H. The molecule has 0 saturated carbocycles. The lowest BCUT2D eigenvalue weighted by Crippen LogP contribution is -1.95. The van der Waals surface area contributed by atoms with Gasteiger partial charge in [0.15, 0.2) is 0 Å². The van der Waals surface area contributed by atoms with E-state index in [1.807, 2.05) is 12.1 Å². The fraction of sp³-hybridized carbons (Fsp3) is 0. The minimum Gasteiger partial charge on any atom is -0.457 e. The molecule has 248 valence electrons. The van der Waals surface area contributed by atoms with Crippen molar-refractivity contribution in [1.29, 1.82) is 0 Å². The lowest BCUT2D eigenvalue weighted by Gasteiger charge is -2.13. The van der Waals surface area contributed by atoms with E-state index in [1.54, 1.807) is 0 Å². The number of hydrogen-bond acceptors (Lipinski definition) is 3. The number of benzene rings is 7. The Morgan fingerprint density at radius 3 is 1.58 bits per heavy atom. The summed E-state index contributed by atoms with van der Waals surface area (Å²) in [5, 5.41) is 6.64. The van der Waals surface area contributed by atoms with Gasteiger partial charge in [-0.2, -0.15) is 0 Å². The number of rotatable bonds is 5. The Labute approximate surface area is 304 Å². The summed E-state index contributed by atoms with van der Waals surface area (Å²) < 4.78 is 11.3. The van der Waals surface area contributed by atoms with Crippen LogP contribution in [0.4, 0.5) is 0 Å². The van der Waals surface area contributed by atoms with Gasteiger partial charge in [0.2, 0.25) is 0 Å². The summed E-state index contributed by atoms with van der Waals surface area (Å²) in [5.41, 5.74) is 10.2. The predicted octanol–water partition coefficient (Wildman–Crippen LogP) is 12.4. The highest BCUT2D eigenvalue weighted by atomic mass is 16.5. The van der Waals surface area contributed by atoms with E-state index in [0.29, 0.717) is 0 Å². The number of hydrogen-bond donors (Lipinski definition) is 0. The second-order valence-corrected chi connectivity index (χ2v) is 13.4. The van der Waals surface area contributed by atoms with Crippen LogP contribution in [0.3, 0.4) is 0 Å². The van der Waals surface area contributed by atoms with Crippen molar-refractivity contribution in [3.63, 3.8) is 0 Å². The summed E-state index contributed by atoms with van der Waals surface area (Å²) in [6.07, 6.45) is 2.14. The number of nitrogens with zero attached hydrogens (tertiary/aromatic N) is 4.